The number of ether oxygens (including phenoxy) is 3. The molecule has 2 N–H and O–H groups in total. The molecule has 48 heavy (non-hydrogen) atoms. The van der Waals surface area contributed by atoms with Crippen molar-refractivity contribution < 1.29 is 28.9 Å². The van der Waals surface area contributed by atoms with Gasteiger partial charge in [0.25, 0.3) is 5.91 Å². The van der Waals surface area contributed by atoms with Crippen LogP contribution < -0.4 is 5.32 Å². The van der Waals surface area contributed by atoms with Crippen molar-refractivity contribution in [3.05, 3.63) is 119 Å². The van der Waals surface area contributed by atoms with Gasteiger partial charge in [-0.1, -0.05) is 91.5 Å². The summed E-state index contributed by atoms with van der Waals surface area (Å²) in [5, 5.41) is 12.4. The van der Waals surface area contributed by atoms with Crippen LogP contribution in [0.25, 0.3) is 21.3 Å². The van der Waals surface area contributed by atoms with E-state index in [1.165, 1.54) is 11.6 Å². The van der Waals surface area contributed by atoms with Crippen LogP contribution in [0.15, 0.2) is 101 Å². The summed E-state index contributed by atoms with van der Waals surface area (Å²) in [6.45, 7) is 5.29. The summed E-state index contributed by atoms with van der Waals surface area (Å²) >= 11 is 3.40. The third-order valence-electron chi connectivity index (χ3n) is 8.37. The van der Waals surface area contributed by atoms with Gasteiger partial charge in [-0.25, -0.2) is 4.98 Å². The third-order valence-corrected chi connectivity index (χ3v) is 10.6. The van der Waals surface area contributed by atoms with Gasteiger partial charge in [0.15, 0.2) is 16.7 Å². The molecule has 4 aromatic carbocycles. The first-order chi connectivity index (χ1) is 23.3. The molecule has 0 spiro atoms. The van der Waals surface area contributed by atoms with Crippen LogP contribution in [0.3, 0.4) is 0 Å². The maximum atomic E-state index is 12.4. The molecular formula is C38H38N2O6S2. The molecule has 1 aliphatic rings. The van der Waals surface area contributed by atoms with Gasteiger partial charge in [0, 0.05) is 30.7 Å². The average Bonchev–Trinajstić information content (AvgIpc) is 3.53. The second-order valence-electron chi connectivity index (χ2n) is 11.9. The lowest BCUT2D eigenvalue weighted by molar-refractivity contribution is -0.268. The molecule has 0 aliphatic carbocycles. The van der Waals surface area contributed by atoms with Crippen molar-refractivity contribution in [1.82, 2.24) is 10.3 Å². The quantitative estimate of drug-likeness (QED) is 0.108. The number of benzene rings is 4. The van der Waals surface area contributed by atoms with E-state index in [1.807, 2.05) is 84.9 Å². The normalized spacial score (nSPS) is 19.9. The molecule has 248 valence electrons. The summed E-state index contributed by atoms with van der Waals surface area (Å²) in [6, 6.07) is 32.2. The zero-order chi connectivity index (χ0) is 33.6. The number of hydrogen-bond acceptors (Lipinski definition) is 9. The summed E-state index contributed by atoms with van der Waals surface area (Å²) in [6.07, 6.45) is -1.80. The Morgan fingerprint density at radius 2 is 1.69 bits per heavy atom. The van der Waals surface area contributed by atoms with Crippen molar-refractivity contribution >= 4 is 45.2 Å². The zero-order valence-electron chi connectivity index (χ0n) is 27.0. The van der Waals surface area contributed by atoms with Crippen LogP contribution in [0.1, 0.15) is 55.4 Å². The highest BCUT2D eigenvalue weighted by molar-refractivity contribution is 8.01. The second kappa shape index (κ2) is 15.4. The molecule has 8 nitrogen and oxygen atoms in total. The lowest BCUT2D eigenvalue weighted by Gasteiger charge is -2.41. The minimum absolute atomic E-state index is 0.0116. The van der Waals surface area contributed by atoms with Crippen molar-refractivity contribution in [2.45, 2.75) is 62.9 Å². The molecule has 0 unspecified atom stereocenters. The number of carbonyl (C=O) groups excluding carboxylic acids is 2. The van der Waals surface area contributed by atoms with Crippen LogP contribution in [0.4, 0.5) is 0 Å². The van der Waals surface area contributed by atoms with Gasteiger partial charge < -0.3 is 24.6 Å². The molecule has 0 bridgehead atoms. The molecule has 1 fully saturated rings. The fourth-order valence-corrected chi connectivity index (χ4v) is 8.00. The Morgan fingerprint density at radius 1 is 0.938 bits per heavy atom. The molecule has 1 aliphatic heterocycles. The van der Waals surface area contributed by atoms with E-state index in [-0.39, 0.29) is 30.6 Å². The lowest BCUT2D eigenvalue weighted by atomic mass is 9.91. The number of amides is 1. The number of hydrogen-bond donors (Lipinski definition) is 2. The smallest absolute Gasteiger partial charge is 0.303 e. The fraction of sp³-hybridized carbons (Fsp3) is 0.289. The highest BCUT2D eigenvalue weighted by Crippen LogP contribution is 2.44. The molecular weight excluding hydrogens is 645 g/mol. The SMILES string of the molecule is CC(=O)O[C@@H](C)C(=O)NCc1cccc(-c2cccc([C@H]3O[C@@H](CSc4nc5ccccc5s4)[C@@H](C)[C@@H](c4ccc(CO)cc4)O3)c2)c1. The third kappa shape index (κ3) is 8.14. The highest BCUT2D eigenvalue weighted by Gasteiger charge is 2.38. The number of rotatable bonds is 11. The largest absolute Gasteiger partial charge is 0.453 e. The van der Waals surface area contributed by atoms with E-state index in [0.717, 1.165) is 49.0 Å². The number of carbonyl (C=O) groups is 2. The van der Waals surface area contributed by atoms with E-state index < -0.39 is 18.4 Å². The number of thiazole rings is 1. The van der Waals surface area contributed by atoms with Gasteiger partial charge >= 0.3 is 5.97 Å². The number of para-hydroxylation sites is 1. The molecule has 6 rings (SSSR count). The standard InChI is InChI=1S/C38H38N2O6S2/c1-23-33(22-47-38-40-32-12-4-5-13-34(32)48-38)45-37(46-35(23)28-16-14-26(21-41)15-17-28)31-11-7-10-30(19-31)29-9-6-8-27(18-29)20-39-36(43)24(2)44-25(3)42/h4-19,23-24,33,35,37,41H,20-22H2,1-3H3,(H,39,43)/t23-,24+,33+,35+,37+/m1/s1. The maximum absolute atomic E-state index is 12.4. The first-order valence-corrected chi connectivity index (χ1v) is 17.7. The van der Waals surface area contributed by atoms with Crippen molar-refractivity contribution in [2.75, 3.05) is 5.75 Å². The van der Waals surface area contributed by atoms with Gasteiger partial charge in [0.05, 0.1) is 29.0 Å². The Labute approximate surface area is 288 Å². The summed E-state index contributed by atoms with van der Waals surface area (Å²) in [4.78, 5) is 28.4. The molecule has 0 radical (unpaired) electrons. The zero-order valence-corrected chi connectivity index (χ0v) is 28.6. The van der Waals surface area contributed by atoms with Crippen molar-refractivity contribution in [2.24, 2.45) is 5.92 Å². The Morgan fingerprint density at radius 3 is 2.44 bits per heavy atom. The highest BCUT2D eigenvalue weighted by atomic mass is 32.2. The molecule has 5 atom stereocenters. The Balaban J connectivity index is 1.22. The van der Waals surface area contributed by atoms with Gasteiger partial charge in [-0.15, -0.1) is 11.3 Å². The molecule has 1 amide bonds. The Bertz CT molecular complexity index is 1840. The summed E-state index contributed by atoms with van der Waals surface area (Å²) in [7, 11) is 0. The summed E-state index contributed by atoms with van der Waals surface area (Å²) in [5.41, 5.74) is 6.69. The van der Waals surface area contributed by atoms with Crippen molar-refractivity contribution in [3.63, 3.8) is 0 Å². The number of aliphatic hydroxyl groups is 1. The number of nitrogens with one attached hydrogen (secondary N) is 1. The van der Waals surface area contributed by atoms with Gasteiger partial charge in [-0.05, 0) is 59.0 Å². The maximum Gasteiger partial charge on any atom is 0.303 e. The monoisotopic (exact) mass is 682 g/mol. The molecule has 5 aromatic rings. The predicted octanol–water partition coefficient (Wildman–Crippen LogP) is 7.61. The molecule has 1 aromatic heterocycles. The van der Waals surface area contributed by atoms with Crippen LogP contribution in [-0.2, 0) is 37.0 Å². The van der Waals surface area contributed by atoms with Crippen molar-refractivity contribution in [3.8, 4) is 11.1 Å². The van der Waals surface area contributed by atoms with Gasteiger partial charge in [0.2, 0.25) is 0 Å². The van der Waals surface area contributed by atoms with Crippen LogP contribution in [0.5, 0.6) is 0 Å². The van der Waals surface area contributed by atoms with Gasteiger partial charge in [-0.3, -0.25) is 9.59 Å². The molecule has 1 saturated heterocycles. The van der Waals surface area contributed by atoms with Crippen LogP contribution >= 0.6 is 23.1 Å². The summed E-state index contributed by atoms with van der Waals surface area (Å²) in [5.74, 6) is -0.0732. The van der Waals surface area contributed by atoms with E-state index in [0.29, 0.717) is 6.54 Å². The molecule has 2 heterocycles. The number of thioether (sulfide) groups is 1. The first kappa shape index (κ1) is 33.8. The number of fused-ring (bicyclic) bond motifs is 1. The minimum Gasteiger partial charge on any atom is -0.453 e. The topological polar surface area (TPSA) is 107 Å². The first-order valence-electron chi connectivity index (χ1n) is 15.9. The number of aromatic nitrogens is 1. The Hall–Kier alpha value is -4.06. The number of nitrogens with zero attached hydrogens (tertiary/aromatic N) is 1. The fourth-order valence-electron chi connectivity index (χ4n) is 5.74. The second-order valence-corrected chi connectivity index (χ2v) is 14.2. The van der Waals surface area contributed by atoms with E-state index in [9.17, 15) is 14.7 Å². The van der Waals surface area contributed by atoms with Gasteiger partial charge in [0.1, 0.15) is 0 Å². The van der Waals surface area contributed by atoms with Crippen LogP contribution in [-0.4, -0.2) is 39.9 Å². The van der Waals surface area contributed by atoms with E-state index in [2.05, 4.69) is 24.4 Å². The van der Waals surface area contributed by atoms with E-state index >= 15 is 0 Å². The Kier molecular flexibility index (Phi) is 10.9. The van der Waals surface area contributed by atoms with Crippen LogP contribution in [0.2, 0.25) is 0 Å². The summed E-state index contributed by atoms with van der Waals surface area (Å²) < 4.78 is 20.6. The van der Waals surface area contributed by atoms with E-state index in [1.54, 1.807) is 30.0 Å². The predicted molar refractivity (Wildman–Crippen MR) is 188 cm³/mol. The molecule has 10 heteroatoms. The molecule has 0 saturated carbocycles. The lowest BCUT2D eigenvalue weighted by Crippen LogP contribution is -2.38. The average molecular weight is 683 g/mol. The van der Waals surface area contributed by atoms with Gasteiger partial charge in [-0.2, -0.15) is 0 Å². The minimum atomic E-state index is -0.861. The van der Waals surface area contributed by atoms with Crippen molar-refractivity contribution in [1.29, 1.82) is 0 Å². The van der Waals surface area contributed by atoms with Crippen LogP contribution in [0, 0.1) is 5.92 Å². The number of esters is 1. The number of aliphatic hydroxyl groups excluding tert-OH is 1. The van der Waals surface area contributed by atoms with E-state index in [4.69, 9.17) is 19.2 Å².